The van der Waals surface area contributed by atoms with Crippen molar-refractivity contribution in [1.82, 2.24) is 19.9 Å². The number of nitriles is 1. The van der Waals surface area contributed by atoms with Gasteiger partial charge in [-0.15, -0.1) is 0 Å². The number of nitrogens with zero attached hydrogens (tertiary/aromatic N) is 4. The van der Waals surface area contributed by atoms with Crippen molar-refractivity contribution < 1.29 is 14.4 Å². The van der Waals surface area contributed by atoms with Gasteiger partial charge < -0.3 is 25.1 Å². The maximum absolute atomic E-state index is 11.5. The van der Waals surface area contributed by atoms with Crippen molar-refractivity contribution in [3.63, 3.8) is 0 Å². The molecule has 0 unspecified atom stereocenters. The molecular formula is C25H31N7O3P+. The normalized spacial score (nSPS) is 21.9. The van der Waals surface area contributed by atoms with Gasteiger partial charge in [0.25, 0.3) is 0 Å². The van der Waals surface area contributed by atoms with Gasteiger partial charge in [0.2, 0.25) is 5.95 Å². The quantitative estimate of drug-likeness (QED) is 0.356. The Hall–Kier alpha value is -2.96. The summed E-state index contributed by atoms with van der Waals surface area (Å²) in [5.41, 5.74) is 1.78. The number of rotatable bonds is 7. The molecule has 6 rings (SSSR count). The molecule has 0 radical (unpaired) electrons. The summed E-state index contributed by atoms with van der Waals surface area (Å²) in [4.78, 5) is 26.4. The maximum Gasteiger partial charge on any atom is 0.231 e. The van der Waals surface area contributed by atoms with Gasteiger partial charge >= 0.3 is 0 Å². The van der Waals surface area contributed by atoms with Crippen LogP contribution in [0, 0.1) is 11.3 Å². The summed E-state index contributed by atoms with van der Waals surface area (Å²) in [7, 11) is -0.575. The minimum atomic E-state index is -2.20. The van der Waals surface area contributed by atoms with Gasteiger partial charge in [0.05, 0.1) is 36.4 Å². The lowest BCUT2D eigenvalue weighted by atomic mass is 10.2. The summed E-state index contributed by atoms with van der Waals surface area (Å²) in [6, 6.07) is 8.96. The molecule has 10 nitrogen and oxygen atoms in total. The van der Waals surface area contributed by atoms with E-state index in [0.29, 0.717) is 53.0 Å². The van der Waals surface area contributed by atoms with Crippen LogP contribution in [-0.4, -0.2) is 82.6 Å². The van der Waals surface area contributed by atoms with Gasteiger partial charge in [0.15, 0.2) is 7.49 Å². The first kappa shape index (κ1) is 23.4. The van der Waals surface area contributed by atoms with E-state index < -0.39 is 7.49 Å². The molecular weight excluding hydrogens is 477 g/mol. The summed E-state index contributed by atoms with van der Waals surface area (Å²) in [6.07, 6.45) is 6.77. The zero-order valence-electron chi connectivity index (χ0n) is 20.3. The third-order valence-corrected chi connectivity index (χ3v) is 10.5. The maximum atomic E-state index is 11.5. The Morgan fingerprint density at radius 3 is 2.78 bits per heavy atom. The van der Waals surface area contributed by atoms with Crippen LogP contribution >= 0.6 is 7.49 Å². The first-order valence-electron chi connectivity index (χ1n) is 12.5. The fraction of sp³-hybridized carbons (Fsp3) is 0.480. The highest BCUT2D eigenvalue weighted by Gasteiger charge is 2.45. The van der Waals surface area contributed by atoms with Crippen molar-refractivity contribution in [2.24, 2.45) is 0 Å². The number of methoxy groups -OCH3 is 1. The Morgan fingerprint density at radius 1 is 1.25 bits per heavy atom. The highest BCUT2D eigenvalue weighted by Crippen LogP contribution is 2.56. The molecule has 3 aromatic rings. The second-order valence-electron chi connectivity index (χ2n) is 9.79. The number of ether oxygens (including phenoxy) is 2. The second kappa shape index (κ2) is 9.49. The van der Waals surface area contributed by atoms with Crippen molar-refractivity contribution in [3.05, 3.63) is 30.0 Å². The number of anilines is 3. The Bertz CT molecular complexity index is 1300. The van der Waals surface area contributed by atoms with E-state index in [1.54, 1.807) is 13.3 Å². The number of aromatic nitrogens is 3. The molecule has 4 N–H and O–H groups in total. The zero-order chi connectivity index (χ0) is 24.7. The van der Waals surface area contributed by atoms with E-state index in [-0.39, 0.29) is 6.04 Å². The van der Waals surface area contributed by atoms with E-state index in [4.69, 9.17) is 14.5 Å². The first-order chi connectivity index (χ1) is 17.6. The fourth-order valence-electron chi connectivity index (χ4n) is 5.16. The van der Waals surface area contributed by atoms with Crippen LogP contribution in [-0.2, 0) is 4.74 Å². The molecule has 1 aromatic carbocycles. The number of aromatic amines is 1. The van der Waals surface area contributed by atoms with Gasteiger partial charge in [-0.3, -0.25) is 4.90 Å². The van der Waals surface area contributed by atoms with E-state index in [0.717, 1.165) is 43.2 Å². The molecule has 0 bridgehead atoms. The van der Waals surface area contributed by atoms with Crippen molar-refractivity contribution in [2.75, 3.05) is 56.4 Å². The Morgan fingerprint density at radius 2 is 2.08 bits per heavy atom. The predicted molar refractivity (Wildman–Crippen MR) is 141 cm³/mol. The SMILES string of the molecule is COc1cc([P+]2(O)CCN(C3CC3)CC2)ccc1Nc1nc(N[C@H]2CCOC2)c2c(C#N)c[nH]c2n1. The van der Waals surface area contributed by atoms with E-state index >= 15 is 0 Å². The minimum absolute atomic E-state index is 0.127. The molecule has 1 saturated carbocycles. The smallest absolute Gasteiger partial charge is 0.231 e. The molecule has 4 heterocycles. The summed E-state index contributed by atoms with van der Waals surface area (Å²) < 4.78 is 11.2. The molecule has 36 heavy (non-hydrogen) atoms. The third-order valence-electron chi connectivity index (χ3n) is 7.41. The van der Waals surface area contributed by atoms with Crippen LogP contribution in [0.5, 0.6) is 5.75 Å². The van der Waals surface area contributed by atoms with Crippen LogP contribution in [0.15, 0.2) is 24.4 Å². The van der Waals surface area contributed by atoms with Gasteiger partial charge in [-0.2, -0.15) is 15.2 Å². The van der Waals surface area contributed by atoms with Crippen LogP contribution in [0.25, 0.3) is 11.0 Å². The topological polar surface area (TPSA) is 131 Å². The number of H-pyrrole nitrogens is 1. The average Bonchev–Trinajstić information content (AvgIpc) is 3.45. The lowest BCUT2D eigenvalue weighted by Crippen LogP contribution is -2.40. The molecule has 1 aliphatic carbocycles. The number of benzene rings is 1. The van der Waals surface area contributed by atoms with Crippen LogP contribution in [0.4, 0.5) is 17.5 Å². The number of nitrogens with one attached hydrogen (secondary N) is 3. The van der Waals surface area contributed by atoms with E-state index in [2.05, 4.69) is 31.6 Å². The van der Waals surface area contributed by atoms with Gasteiger partial charge in [0, 0.05) is 38.0 Å². The second-order valence-corrected chi connectivity index (χ2v) is 13.0. The molecule has 3 fully saturated rings. The minimum Gasteiger partial charge on any atom is -0.494 e. The lowest BCUT2D eigenvalue weighted by molar-refractivity contribution is 0.195. The van der Waals surface area contributed by atoms with Crippen LogP contribution in [0.2, 0.25) is 0 Å². The van der Waals surface area contributed by atoms with Gasteiger partial charge in [-0.25, -0.2) is 4.89 Å². The standard InChI is InChI=1S/C25H31N7O3P/c1-34-21-12-19(36(33)10-7-32(8-11-36)18-2-3-18)4-5-20(21)29-25-30-23-22(16(13-26)14-27-23)24(31-25)28-17-6-9-35-15-17/h4-5,12,14,17-18,33H,2-3,6-11,15H2,1H3,(H3,27,28,29,30,31)/q+1/t17-/m0/s1. The van der Waals surface area contributed by atoms with Crippen molar-refractivity contribution in [1.29, 1.82) is 5.26 Å². The fourth-order valence-corrected chi connectivity index (χ4v) is 7.79. The molecule has 11 heteroatoms. The van der Waals surface area contributed by atoms with Crippen LogP contribution in [0.3, 0.4) is 0 Å². The van der Waals surface area contributed by atoms with Gasteiger partial charge in [-0.05, 0) is 31.4 Å². The molecule has 1 atom stereocenters. The predicted octanol–water partition coefficient (Wildman–Crippen LogP) is 2.81. The zero-order valence-corrected chi connectivity index (χ0v) is 21.2. The van der Waals surface area contributed by atoms with Crippen LogP contribution < -0.4 is 20.7 Å². The van der Waals surface area contributed by atoms with E-state index in [1.807, 2.05) is 18.2 Å². The van der Waals surface area contributed by atoms with E-state index in [1.165, 1.54) is 12.8 Å². The monoisotopic (exact) mass is 508 g/mol. The van der Waals surface area contributed by atoms with E-state index in [9.17, 15) is 10.2 Å². The summed E-state index contributed by atoms with van der Waals surface area (Å²) >= 11 is 0. The van der Waals surface area contributed by atoms with Crippen molar-refractivity contribution in [3.8, 4) is 11.8 Å². The Kier molecular flexibility index (Phi) is 6.18. The summed E-state index contributed by atoms with van der Waals surface area (Å²) in [5.74, 6) is 1.61. The molecule has 0 spiro atoms. The van der Waals surface area contributed by atoms with Crippen molar-refractivity contribution in [2.45, 2.75) is 31.3 Å². The third kappa shape index (κ3) is 4.48. The molecule has 188 valence electrons. The van der Waals surface area contributed by atoms with Gasteiger partial charge in [0.1, 0.15) is 40.9 Å². The number of hydrogen-bond acceptors (Lipinski definition) is 9. The average molecular weight is 509 g/mol. The highest BCUT2D eigenvalue weighted by atomic mass is 31.2. The Balaban J connectivity index is 1.27. The molecule has 0 amide bonds. The molecule has 3 aliphatic rings. The highest BCUT2D eigenvalue weighted by molar-refractivity contribution is 7.77. The van der Waals surface area contributed by atoms with Crippen molar-refractivity contribution >= 4 is 41.3 Å². The first-order valence-corrected chi connectivity index (χ1v) is 14.6. The molecule has 2 aromatic heterocycles. The molecule has 2 aliphatic heterocycles. The van der Waals surface area contributed by atoms with Crippen LogP contribution in [0.1, 0.15) is 24.8 Å². The lowest BCUT2D eigenvalue weighted by Gasteiger charge is -2.32. The summed E-state index contributed by atoms with van der Waals surface area (Å²) in [5, 5.41) is 17.9. The largest absolute Gasteiger partial charge is 0.494 e. The number of fused-ring (bicyclic) bond motifs is 1. The van der Waals surface area contributed by atoms with Gasteiger partial charge in [-0.1, -0.05) is 0 Å². The number of hydrogen-bond donors (Lipinski definition) is 4. The Labute approximate surface area is 210 Å². The molecule has 2 saturated heterocycles. The summed E-state index contributed by atoms with van der Waals surface area (Å²) in [6.45, 7) is 3.23.